The minimum absolute atomic E-state index is 0. The van der Waals surface area contributed by atoms with Crippen molar-refractivity contribution >= 4 is 22.4 Å². The van der Waals surface area contributed by atoms with Crippen LogP contribution in [-0.2, 0) is 10.0 Å². The standard InChI is InChI=1S/C11H20N4O2S.ClH/c1-3-6-15(10-4-5-12-7-10)18(16,17)11-8-13-14-9(11)2;/h8,10,12H,3-7H2,1-2H3,(H,13,14);1H. The van der Waals surface area contributed by atoms with Gasteiger partial charge in [0.15, 0.2) is 0 Å². The second kappa shape index (κ2) is 6.69. The minimum atomic E-state index is -3.43. The Labute approximate surface area is 120 Å². The van der Waals surface area contributed by atoms with E-state index in [0.29, 0.717) is 17.1 Å². The summed E-state index contributed by atoms with van der Waals surface area (Å²) < 4.78 is 26.9. The van der Waals surface area contributed by atoms with Crippen LogP contribution in [0, 0.1) is 6.92 Å². The Morgan fingerprint density at radius 1 is 1.53 bits per heavy atom. The predicted molar refractivity (Wildman–Crippen MR) is 76.0 cm³/mol. The first-order valence-electron chi connectivity index (χ1n) is 6.30. The number of aromatic amines is 1. The molecule has 1 saturated heterocycles. The second-order valence-electron chi connectivity index (χ2n) is 4.62. The molecular formula is C11H21ClN4O2S. The Kier molecular flexibility index (Phi) is 5.79. The van der Waals surface area contributed by atoms with Crippen LogP contribution in [0.15, 0.2) is 11.1 Å². The molecular weight excluding hydrogens is 288 g/mol. The fourth-order valence-corrected chi connectivity index (χ4v) is 4.20. The third kappa shape index (κ3) is 3.28. The molecule has 6 nitrogen and oxygen atoms in total. The molecule has 19 heavy (non-hydrogen) atoms. The van der Waals surface area contributed by atoms with Crippen molar-refractivity contribution in [2.24, 2.45) is 0 Å². The molecule has 1 unspecified atom stereocenters. The van der Waals surface area contributed by atoms with Crippen LogP contribution < -0.4 is 5.32 Å². The smallest absolute Gasteiger partial charge is 0.246 e. The van der Waals surface area contributed by atoms with E-state index in [0.717, 1.165) is 25.9 Å². The number of sulfonamides is 1. The van der Waals surface area contributed by atoms with Gasteiger partial charge >= 0.3 is 0 Å². The first kappa shape index (κ1) is 16.4. The lowest BCUT2D eigenvalue weighted by molar-refractivity contribution is 0.335. The van der Waals surface area contributed by atoms with Crippen LogP contribution in [0.4, 0.5) is 0 Å². The molecule has 1 aromatic rings. The Morgan fingerprint density at radius 2 is 2.26 bits per heavy atom. The van der Waals surface area contributed by atoms with Gasteiger partial charge in [-0.05, 0) is 26.3 Å². The lowest BCUT2D eigenvalue weighted by Gasteiger charge is -2.26. The lowest BCUT2D eigenvalue weighted by atomic mass is 10.2. The largest absolute Gasteiger partial charge is 0.315 e. The van der Waals surface area contributed by atoms with Gasteiger partial charge in [-0.25, -0.2) is 8.42 Å². The summed E-state index contributed by atoms with van der Waals surface area (Å²) >= 11 is 0. The molecule has 0 aliphatic carbocycles. The highest BCUT2D eigenvalue weighted by Crippen LogP contribution is 2.22. The van der Waals surface area contributed by atoms with Crippen molar-refractivity contribution in [3.63, 3.8) is 0 Å². The maximum Gasteiger partial charge on any atom is 0.246 e. The number of hydrogen-bond acceptors (Lipinski definition) is 4. The van der Waals surface area contributed by atoms with E-state index in [-0.39, 0.29) is 18.4 Å². The Hall–Kier alpha value is -0.630. The van der Waals surface area contributed by atoms with E-state index in [2.05, 4.69) is 15.5 Å². The zero-order valence-electron chi connectivity index (χ0n) is 11.2. The topological polar surface area (TPSA) is 78.1 Å². The molecule has 8 heteroatoms. The number of H-pyrrole nitrogens is 1. The van der Waals surface area contributed by atoms with Crippen molar-refractivity contribution < 1.29 is 8.42 Å². The number of rotatable bonds is 5. The van der Waals surface area contributed by atoms with Crippen LogP contribution in [-0.4, -0.2) is 48.6 Å². The minimum Gasteiger partial charge on any atom is -0.315 e. The number of hydrogen-bond donors (Lipinski definition) is 2. The SMILES string of the molecule is CCCN(C1CCNC1)S(=O)(=O)c1cn[nH]c1C.Cl. The third-order valence-corrected chi connectivity index (χ3v) is 5.32. The maximum atomic E-state index is 12.6. The van der Waals surface area contributed by atoms with Crippen molar-refractivity contribution in [2.75, 3.05) is 19.6 Å². The monoisotopic (exact) mass is 308 g/mol. The van der Waals surface area contributed by atoms with E-state index < -0.39 is 10.0 Å². The zero-order chi connectivity index (χ0) is 13.2. The summed E-state index contributed by atoms with van der Waals surface area (Å²) in [5, 5.41) is 9.72. The predicted octanol–water partition coefficient (Wildman–Crippen LogP) is 0.903. The molecule has 2 rings (SSSR count). The normalized spacial score (nSPS) is 19.6. The molecule has 2 heterocycles. The maximum absolute atomic E-state index is 12.6. The van der Waals surface area contributed by atoms with E-state index in [1.807, 2.05) is 6.92 Å². The van der Waals surface area contributed by atoms with Gasteiger partial charge in [-0.3, -0.25) is 5.10 Å². The first-order chi connectivity index (χ1) is 8.57. The fourth-order valence-electron chi connectivity index (χ4n) is 2.33. The van der Waals surface area contributed by atoms with Crippen LogP contribution in [0.25, 0.3) is 0 Å². The van der Waals surface area contributed by atoms with Crippen LogP contribution >= 0.6 is 12.4 Å². The van der Waals surface area contributed by atoms with Crippen molar-refractivity contribution in [1.82, 2.24) is 19.8 Å². The first-order valence-corrected chi connectivity index (χ1v) is 7.74. The number of aryl methyl sites for hydroxylation is 1. The van der Waals surface area contributed by atoms with Crippen molar-refractivity contribution in [3.05, 3.63) is 11.9 Å². The third-order valence-electron chi connectivity index (χ3n) is 3.26. The van der Waals surface area contributed by atoms with Gasteiger partial charge in [0, 0.05) is 19.1 Å². The highest BCUT2D eigenvalue weighted by Gasteiger charge is 2.34. The van der Waals surface area contributed by atoms with E-state index in [1.165, 1.54) is 6.20 Å². The molecule has 1 aliphatic rings. The second-order valence-corrected chi connectivity index (χ2v) is 6.48. The van der Waals surface area contributed by atoms with Gasteiger partial charge < -0.3 is 5.32 Å². The highest BCUT2D eigenvalue weighted by molar-refractivity contribution is 7.89. The molecule has 1 fully saturated rings. The number of nitrogens with one attached hydrogen (secondary N) is 2. The van der Waals surface area contributed by atoms with Crippen LogP contribution in [0.2, 0.25) is 0 Å². The van der Waals surface area contributed by atoms with Crippen LogP contribution in [0.5, 0.6) is 0 Å². The summed E-state index contributed by atoms with van der Waals surface area (Å²) in [4.78, 5) is 0.294. The molecule has 0 bridgehead atoms. The molecule has 0 amide bonds. The Balaban J connectivity index is 0.00000180. The van der Waals surface area contributed by atoms with E-state index >= 15 is 0 Å². The van der Waals surface area contributed by atoms with Crippen molar-refractivity contribution in [2.45, 2.75) is 37.6 Å². The van der Waals surface area contributed by atoms with E-state index in [4.69, 9.17) is 0 Å². The molecule has 2 N–H and O–H groups in total. The quantitative estimate of drug-likeness (QED) is 0.847. The molecule has 1 aromatic heterocycles. The van der Waals surface area contributed by atoms with Gasteiger partial charge in [0.05, 0.1) is 11.9 Å². The zero-order valence-corrected chi connectivity index (χ0v) is 12.9. The van der Waals surface area contributed by atoms with Crippen LogP contribution in [0.1, 0.15) is 25.5 Å². The molecule has 0 radical (unpaired) electrons. The van der Waals surface area contributed by atoms with Crippen LogP contribution in [0.3, 0.4) is 0 Å². The van der Waals surface area contributed by atoms with Gasteiger partial charge in [0.2, 0.25) is 10.0 Å². The molecule has 0 saturated carbocycles. The van der Waals surface area contributed by atoms with Crippen molar-refractivity contribution in [1.29, 1.82) is 0 Å². The fraction of sp³-hybridized carbons (Fsp3) is 0.727. The number of nitrogens with zero attached hydrogens (tertiary/aromatic N) is 2. The summed E-state index contributed by atoms with van der Waals surface area (Å²) in [5.41, 5.74) is 0.599. The molecule has 0 spiro atoms. The van der Waals surface area contributed by atoms with E-state index in [9.17, 15) is 8.42 Å². The molecule has 1 atom stereocenters. The summed E-state index contributed by atoms with van der Waals surface area (Å²) in [7, 11) is -3.43. The summed E-state index contributed by atoms with van der Waals surface area (Å²) in [6.45, 7) is 5.89. The van der Waals surface area contributed by atoms with Gasteiger partial charge in [-0.1, -0.05) is 6.92 Å². The summed E-state index contributed by atoms with van der Waals surface area (Å²) in [5.74, 6) is 0. The molecule has 1 aliphatic heterocycles. The van der Waals surface area contributed by atoms with Gasteiger partial charge in [-0.2, -0.15) is 9.40 Å². The highest BCUT2D eigenvalue weighted by atomic mass is 35.5. The average Bonchev–Trinajstić information content (AvgIpc) is 2.96. The van der Waals surface area contributed by atoms with Gasteiger partial charge in [0.25, 0.3) is 0 Å². The average molecular weight is 309 g/mol. The van der Waals surface area contributed by atoms with E-state index in [1.54, 1.807) is 11.2 Å². The van der Waals surface area contributed by atoms with Crippen molar-refractivity contribution in [3.8, 4) is 0 Å². The summed E-state index contributed by atoms with van der Waals surface area (Å²) in [6.07, 6.45) is 3.08. The molecule has 0 aromatic carbocycles. The van der Waals surface area contributed by atoms with Gasteiger partial charge in [-0.15, -0.1) is 12.4 Å². The Morgan fingerprint density at radius 3 is 2.74 bits per heavy atom. The summed E-state index contributed by atoms with van der Waals surface area (Å²) in [6, 6.07) is 0.0595. The number of aromatic nitrogens is 2. The lowest BCUT2D eigenvalue weighted by Crippen LogP contribution is -2.42. The molecule has 110 valence electrons. The Bertz CT molecular complexity index is 497. The van der Waals surface area contributed by atoms with Gasteiger partial charge in [0.1, 0.15) is 4.90 Å². The number of halogens is 1.